The van der Waals surface area contributed by atoms with Crippen molar-refractivity contribution in [1.29, 1.82) is 0 Å². The summed E-state index contributed by atoms with van der Waals surface area (Å²) < 4.78 is 0. The summed E-state index contributed by atoms with van der Waals surface area (Å²) in [6.45, 7) is 3.40. The lowest BCUT2D eigenvalue weighted by molar-refractivity contribution is -0.114. The Labute approximate surface area is 103 Å². The number of nitrogens with one attached hydrogen (secondary N) is 1. The first-order valence-corrected chi connectivity index (χ1v) is 6.02. The topological polar surface area (TPSA) is 46.2 Å². The maximum absolute atomic E-state index is 11.8. The lowest BCUT2D eigenvalue weighted by Gasteiger charge is -2.07. The fourth-order valence-electron chi connectivity index (χ4n) is 1.29. The molecule has 1 aromatic carbocycles. The molecule has 0 aromatic heterocycles. The molecule has 0 radical (unpaired) electrons. The Balaban J connectivity index is 2.78. The Morgan fingerprint density at radius 1 is 1.31 bits per heavy atom. The van der Waals surface area contributed by atoms with Crippen molar-refractivity contribution in [2.45, 2.75) is 25.1 Å². The second kappa shape index (κ2) is 5.80. The molecule has 0 fully saturated rings. The van der Waals surface area contributed by atoms with E-state index in [2.05, 4.69) is 21.2 Å². The van der Waals surface area contributed by atoms with Crippen LogP contribution in [0.4, 0.5) is 5.69 Å². The third-order valence-electron chi connectivity index (χ3n) is 2.13. The summed E-state index contributed by atoms with van der Waals surface area (Å²) in [6.07, 6.45) is 0.756. The number of carbonyl (C=O) groups excluding carboxylic acids is 2. The van der Waals surface area contributed by atoms with Gasteiger partial charge < -0.3 is 5.32 Å². The average molecular weight is 284 g/mol. The monoisotopic (exact) mass is 283 g/mol. The Hall–Kier alpha value is -1.16. The summed E-state index contributed by atoms with van der Waals surface area (Å²) in [4.78, 5) is 22.4. The van der Waals surface area contributed by atoms with Crippen LogP contribution < -0.4 is 5.32 Å². The fourth-order valence-corrected chi connectivity index (χ4v) is 1.55. The largest absolute Gasteiger partial charge is 0.326 e. The molecule has 0 heterocycles. The molecule has 86 valence electrons. The summed E-state index contributed by atoms with van der Waals surface area (Å²) >= 11 is 3.32. The van der Waals surface area contributed by atoms with Gasteiger partial charge in [0.2, 0.25) is 5.91 Å². The second-order valence-corrected chi connectivity index (χ2v) is 4.60. The van der Waals surface area contributed by atoms with E-state index in [-0.39, 0.29) is 16.5 Å². The molecule has 0 aliphatic heterocycles. The van der Waals surface area contributed by atoms with Crippen molar-refractivity contribution in [3.05, 3.63) is 29.8 Å². The number of halogens is 1. The van der Waals surface area contributed by atoms with E-state index in [0.29, 0.717) is 11.3 Å². The van der Waals surface area contributed by atoms with Crippen LogP contribution in [0.5, 0.6) is 0 Å². The van der Waals surface area contributed by atoms with Crippen LogP contribution in [0.3, 0.4) is 0 Å². The van der Waals surface area contributed by atoms with E-state index in [1.54, 1.807) is 24.3 Å². The molecule has 1 amide bonds. The average Bonchev–Trinajstić information content (AvgIpc) is 2.27. The number of benzene rings is 1. The number of amides is 1. The zero-order valence-corrected chi connectivity index (χ0v) is 10.9. The lowest BCUT2D eigenvalue weighted by Crippen LogP contribution is -2.13. The van der Waals surface area contributed by atoms with E-state index in [4.69, 9.17) is 0 Å². The predicted octanol–water partition coefficient (Wildman–Crippen LogP) is 3.00. The van der Waals surface area contributed by atoms with Gasteiger partial charge in [-0.2, -0.15) is 0 Å². The van der Waals surface area contributed by atoms with Gasteiger partial charge in [-0.1, -0.05) is 22.9 Å². The normalized spacial score (nSPS) is 11.9. The number of alkyl halides is 1. The maximum atomic E-state index is 11.8. The zero-order chi connectivity index (χ0) is 12.1. The van der Waals surface area contributed by atoms with Crippen molar-refractivity contribution in [3.8, 4) is 0 Å². The van der Waals surface area contributed by atoms with Crippen LogP contribution in [0.25, 0.3) is 0 Å². The summed E-state index contributed by atoms with van der Waals surface area (Å²) in [5.41, 5.74) is 1.35. The number of Topliss-reactive ketones (excluding diaryl/α,β-unsaturated/α-hetero) is 1. The molecule has 4 heteroatoms. The van der Waals surface area contributed by atoms with Crippen LogP contribution in [-0.2, 0) is 4.79 Å². The zero-order valence-electron chi connectivity index (χ0n) is 9.29. The van der Waals surface area contributed by atoms with Crippen LogP contribution >= 0.6 is 15.9 Å². The molecule has 0 spiro atoms. The number of hydrogen-bond acceptors (Lipinski definition) is 2. The standard InChI is InChI=1S/C12H14BrNO2/c1-3-11(13)12(16)9-4-6-10(7-5-9)14-8(2)15/h4-7,11H,3H2,1-2H3,(H,14,15)/t11-/m1/s1. The number of carbonyl (C=O) groups is 2. The molecule has 0 bridgehead atoms. The third kappa shape index (κ3) is 3.45. The molecule has 0 aliphatic carbocycles. The highest BCUT2D eigenvalue weighted by molar-refractivity contribution is 9.10. The minimum absolute atomic E-state index is 0.0666. The predicted molar refractivity (Wildman–Crippen MR) is 68.1 cm³/mol. The Morgan fingerprint density at radius 3 is 2.31 bits per heavy atom. The molecule has 1 atom stereocenters. The highest BCUT2D eigenvalue weighted by atomic mass is 79.9. The van der Waals surface area contributed by atoms with E-state index in [1.807, 2.05) is 6.92 Å². The molecular weight excluding hydrogens is 270 g/mol. The Bertz CT molecular complexity index is 387. The minimum Gasteiger partial charge on any atom is -0.326 e. The quantitative estimate of drug-likeness (QED) is 0.682. The smallest absolute Gasteiger partial charge is 0.221 e. The van der Waals surface area contributed by atoms with E-state index < -0.39 is 0 Å². The highest BCUT2D eigenvalue weighted by Gasteiger charge is 2.14. The van der Waals surface area contributed by atoms with Gasteiger partial charge in [0.15, 0.2) is 5.78 Å². The van der Waals surface area contributed by atoms with Gasteiger partial charge in [-0.3, -0.25) is 9.59 Å². The van der Waals surface area contributed by atoms with Crippen molar-refractivity contribution >= 4 is 33.3 Å². The summed E-state index contributed by atoms with van der Waals surface area (Å²) in [5, 5.41) is 2.65. The van der Waals surface area contributed by atoms with Crippen molar-refractivity contribution in [2.24, 2.45) is 0 Å². The minimum atomic E-state index is -0.140. The van der Waals surface area contributed by atoms with Gasteiger partial charge in [-0.05, 0) is 30.7 Å². The van der Waals surface area contributed by atoms with Gasteiger partial charge in [-0.25, -0.2) is 0 Å². The number of anilines is 1. The number of ketones is 1. The van der Waals surface area contributed by atoms with E-state index in [0.717, 1.165) is 6.42 Å². The molecule has 0 saturated heterocycles. The van der Waals surface area contributed by atoms with E-state index in [1.165, 1.54) is 6.92 Å². The summed E-state index contributed by atoms with van der Waals surface area (Å²) in [7, 11) is 0. The first-order chi connectivity index (χ1) is 7.54. The molecule has 0 aliphatic rings. The van der Waals surface area contributed by atoms with Gasteiger partial charge in [-0.15, -0.1) is 0 Å². The fraction of sp³-hybridized carbons (Fsp3) is 0.333. The number of rotatable bonds is 4. The van der Waals surface area contributed by atoms with E-state index in [9.17, 15) is 9.59 Å². The summed E-state index contributed by atoms with van der Waals surface area (Å²) in [5.74, 6) is -0.0529. The van der Waals surface area contributed by atoms with Crippen LogP contribution in [0.15, 0.2) is 24.3 Å². The van der Waals surface area contributed by atoms with E-state index >= 15 is 0 Å². The van der Waals surface area contributed by atoms with Gasteiger partial charge >= 0.3 is 0 Å². The Morgan fingerprint density at radius 2 is 1.88 bits per heavy atom. The van der Waals surface area contributed by atoms with Crippen LogP contribution in [0.2, 0.25) is 0 Å². The first-order valence-electron chi connectivity index (χ1n) is 5.10. The third-order valence-corrected chi connectivity index (χ3v) is 3.20. The van der Waals surface area contributed by atoms with Gasteiger partial charge in [0.25, 0.3) is 0 Å². The van der Waals surface area contributed by atoms with Gasteiger partial charge in [0, 0.05) is 18.2 Å². The van der Waals surface area contributed by atoms with Crippen LogP contribution in [0.1, 0.15) is 30.6 Å². The molecule has 0 saturated carbocycles. The van der Waals surface area contributed by atoms with Crippen LogP contribution in [0, 0.1) is 0 Å². The van der Waals surface area contributed by atoms with Crippen LogP contribution in [-0.4, -0.2) is 16.5 Å². The second-order valence-electron chi connectivity index (χ2n) is 3.50. The molecule has 16 heavy (non-hydrogen) atoms. The van der Waals surface area contributed by atoms with Crippen molar-refractivity contribution in [1.82, 2.24) is 0 Å². The SMILES string of the molecule is CC[C@@H](Br)C(=O)c1ccc(NC(C)=O)cc1. The van der Waals surface area contributed by atoms with Crippen molar-refractivity contribution in [3.63, 3.8) is 0 Å². The van der Waals surface area contributed by atoms with Gasteiger partial charge in [0.1, 0.15) is 0 Å². The van der Waals surface area contributed by atoms with Gasteiger partial charge in [0.05, 0.1) is 4.83 Å². The molecule has 1 aromatic rings. The highest BCUT2D eigenvalue weighted by Crippen LogP contribution is 2.15. The first kappa shape index (κ1) is 12.9. The molecule has 3 nitrogen and oxygen atoms in total. The van der Waals surface area contributed by atoms with Crippen molar-refractivity contribution in [2.75, 3.05) is 5.32 Å². The maximum Gasteiger partial charge on any atom is 0.221 e. The molecular formula is C12H14BrNO2. The molecule has 1 rings (SSSR count). The van der Waals surface area contributed by atoms with Crippen molar-refractivity contribution < 1.29 is 9.59 Å². The molecule has 0 unspecified atom stereocenters. The lowest BCUT2D eigenvalue weighted by atomic mass is 10.1. The Kier molecular flexibility index (Phi) is 4.68. The number of hydrogen-bond donors (Lipinski definition) is 1. The summed E-state index contributed by atoms with van der Waals surface area (Å²) in [6, 6.07) is 6.89. The molecule has 1 N–H and O–H groups in total.